The zero-order valence-corrected chi connectivity index (χ0v) is 33.7. The number of hydrogen-bond acceptors (Lipinski definition) is 10. The van der Waals surface area contributed by atoms with E-state index in [1.807, 2.05) is 25.1 Å². The van der Waals surface area contributed by atoms with E-state index in [0.717, 1.165) is 36.8 Å². The van der Waals surface area contributed by atoms with Gasteiger partial charge in [0.2, 0.25) is 0 Å². The monoisotopic (exact) mass is 820 g/mol. The zero-order valence-electron chi connectivity index (χ0n) is 33.7. The molecule has 312 valence electrons. The standard InChI is InChI=1S/C23H23F3N4O2.C22H24N4O2/c1-14-18(12-16-3-2-8-27-21(16)29-14)22(32)28-13-15-4-5-20(19(11-15)23(24,25)26)30-9-6-17(31)7-10-30;1-15-14-28-11-10-26(15)19-7-5-17(6-8-19)13-24-22(27)20-12-18-4-3-9-23-21(18)25-16(20)2/h2-5,8,11-12,17,31H,6-7,9-10,13H2,1H3,(H,28,32);3-9,12,15H,10-11,13-14H2,1-2H3,(H,24,27)/t;15-/m.1/s1. The highest BCUT2D eigenvalue weighted by Crippen LogP contribution is 2.38. The minimum Gasteiger partial charge on any atom is -0.393 e. The molecule has 0 aliphatic carbocycles. The predicted molar refractivity (Wildman–Crippen MR) is 224 cm³/mol. The summed E-state index contributed by atoms with van der Waals surface area (Å²) >= 11 is 0. The second-order valence-electron chi connectivity index (χ2n) is 15.1. The Labute approximate surface area is 345 Å². The van der Waals surface area contributed by atoms with Crippen molar-refractivity contribution in [1.29, 1.82) is 0 Å². The van der Waals surface area contributed by atoms with Crippen LogP contribution in [-0.4, -0.2) is 81.9 Å². The molecule has 4 aromatic heterocycles. The summed E-state index contributed by atoms with van der Waals surface area (Å²) in [6, 6.07) is 23.6. The number of morpholine rings is 1. The number of alkyl halides is 3. The number of halogens is 3. The molecule has 2 fully saturated rings. The number of pyridine rings is 4. The van der Waals surface area contributed by atoms with Crippen molar-refractivity contribution in [1.82, 2.24) is 30.6 Å². The third-order valence-corrected chi connectivity index (χ3v) is 10.8. The van der Waals surface area contributed by atoms with Crippen LogP contribution in [0.1, 0.15) is 68.6 Å². The first-order chi connectivity index (χ1) is 28.8. The number of fused-ring (bicyclic) bond motifs is 2. The minimum atomic E-state index is -4.53. The van der Waals surface area contributed by atoms with Crippen molar-refractivity contribution in [2.24, 2.45) is 0 Å². The lowest BCUT2D eigenvalue weighted by atomic mass is 10.0. The molecule has 0 spiro atoms. The number of aromatic nitrogens is 4. The third-order valence-electron chi connectivity index (χ3n) is 10.8. The number of piperidine rings is 1. The highest BCUT2D eigenvalue weighted by Gasteiger charge is 2.36. The van der Waals surface area contributed by atoms with E-state index in [4.69, 9.17) is 4.74 Å². The molecule has 60 heavy (non-hydrogen) atoms. The second kappa shape index (κ2) is 18.4. The number of nitrogens with zero attached hydrogens (tertiary/aromatic N) is 6. The Hall–Kier alpha value is -6.19. The maximum absolute atomic E-state index is 13.7. The number of hydrogen-bond donors (Lipinski definition) is 3. The lowest BCUT2D eigenvalue weighted by molar-refractivity contribution is -0.137. The first-order valence-electron chi connectivity index (χ1n) is 19.9. The van der Waals surface area contributed by atoms with Gasteiger partial charge in [0.15, 0.2) is 11.3 Å². The lowest BCUT2D eigenvalue weighted by Crippen LogP contribution is -2.43. The molecule has 15 heteroatoms. The van der Waals surface area contributed by atoms with Crippen LogP contribution < -0.4 is 20.4 Å². The summed E-state index contributed by atoms with van der Waals surface area (Å²) in [4.78, 5) is 46.5. The molecular weight excluding hydrogens is 774 g/mol. The smallest absolute Gasteiger partial charge is 0.393 e. The third kappa shape index (κ3) is 9.97. The van der Waals surface area contributed by atoms with Gasteiger partial charge in [0, 0.05) is 73.3 Å². The summed E-state index contributed by atoms with van der Waals surface area (Å²) in [6.07, 6.45) is -0.817. The van der Waals surface area contributed by atoms with E-state index in [-0.39, 0.29) is 18.1 Å². The average Bonchev–Trinajstić information content (AvgIpc) is 3.25. The molecule has 0 bridgehead atoms. The summed E-state index contributed by atoms with van der Waals surface area (Å²) in [5.41, 5.74) is 5.24. The van der Waals surface area contributed by atoms with Crippen LogP contribution in [-0.2, 0) is 24.0 Å². The van der Waals surface area contributed by atoms with Gasteiger partial charge in [-0.1, -0.05) is 18.2 Å². The lowest BCUT2D eigenvalue weighted by Gasteiger charge is -2.35. The SMILES string of the molecule is Cc1nc2ncccc2cc1C(=O)NCc1ccc(N2CCC(O)CC2)c(C(F)(F)F)c1.Cc1nc2ncccc2cc1C(=O)NCc1ccc(N2CCOC[C@H]2C)cc1. The Bertz CT molecular complexity index is 2470. The largest absolute Gasteiger partial charge is 0.418 e. The number of aliphatic hydroxyl groups is 1. The van der Waals surface area contributed by atoms with Crippen molar-refractivity contribution >= 4 is 45.3 Å². The Morgan fingerprint density at radius 3 is 1.88 bits per heavy atom. The Kier molecular flexibility index (Phi) is 12.9. The van der Waals surface area contributed by atoms with Gasteiger partial charge in [-0.25, -0.2) is 19.9 Å². The number of aryl methyl sites for hydroxylation is 2. The van der Waals surface area contributed by atoms with Gasteiger partial charge in [0.1, 0.15) is 0 Å². The van der Waals surface area contributed by atoms with Crippen LogP contribution in [0.25, 0.3) is 22.1 Å². The number of ether oxygens (including phenoxy) is 1. The summed E-state index contributed by atoms with van der Waals surface area (Å²) in [7, 11) is 0. The summed E-state index contributed by atoms with van der Waals surface area (Å²) in [6.45, 7) is 9.27. The Morgan fingerprint density at radius 1 is 0.783 bits per heavy atom. The first kappa shape index (κ1) is 42.0. The van der Waals surface area contributed by atoms with Crippen molar-refractivity contribution in [2.75, 3.05) is 42.6 Å². The molecule has 2 aromatic carbocycles. The molecule has 6 aromatic rings. The fraction of sp³-hybridized carbons (Fsp3) is 0.333. The molecular formula is C45H47F3N8O4. The van der Waals surface area contributed by atoms with E-state index < -0.39 is 23.8 Å². The van der Waals surface area contributed by atoms with E-state index in [2.05, 4.69) is 66.7 Å². The predicted octanol–water partition coefficient (Wildman–Crippen LogP) is 6.94. The van der Waals surface area contributed by atoms with E-state index in [0.29, 0.717) is 83.3 Å². The van der Waals surface area contributed by atoms with Crippen LogP contribution in [0, 0.1) is 13.8 Å². The average molecular weight is 821 g/mol. The van der Waals surface area contributed by atoms with E-state index >= 15 is 0 Å². The molecule has 0 unspecified atom stereocenters. The van der Waals surface area contributed by atoms with Crippen molar-refractivity contribution < 1.29 is 32.6 Å². The van der Waals surface area contributed by atoms with Gasteiger partial charge in [-0.2, -0.15) is 13.2 Å². The molecule has 2 aliphatic rings. The number of rotatable bonds is 8. The van der Waals surface area contributed by atoms with Crippen molar-refractivity contribution in [2.45, 2.75) is 65.0 Å². The normalized spacial score (nSPS) is 16.0. The van der Waals surface area contributed by atoms with Crippen LogP contribution >= 0.6 is 0 Å². The molecule has 2 saturated heterocycles. The topological polar surface area (TPSA) is 146 Å². The molecule has 0 radical (unpaired) electrons. The van der Waals surface area contributed by atoms with Gasteiger partial charge in [-0.05, 0) is 105 Å². The van der Waals surface area contributed by atoms with Gasteiger partial charge in [-0.15, -0.1) is 0 Å². The molecule has 0 saturated carbocycles. The highest BCUT2D eigenvalue weighted by molar-refractivity contribution is 5.99. The van der Waals surface area contributed by atoms with Gasteiger partial charge < -0.3 is 30.3 Å². The molecule has 2 amide bonds. The van der Waals surface area contributed by atoms with Gasteiger partial charge in [0.25, 0.3) is 11.8 Å². The zero-order chi connectivity index (χ0) is 42.4. The molecule has 3 N–H and O–H groups in total. The number of aliphatic hydroxyl groups excluding tert-OH is 1. The molecule has 1 atom stereocenters. The van der Waals surface area contributed by atoms with E-state index in [1.165, 1.54) is 11.8 Å². The maximum atomic E-state index is 13.7. The fourth-order valence-corrected chi connectivity index (χ4v) is 7.42. The minimum absolute atomic E-state index is 0.0502. The van der Waals surface area contributed by atoms with Gasteiger partial charge in [-0.3, -0.25) is 9.59 Å². The Balaban J connectivity index is 0.000000183. The quantitative estimate of drug-likeness (QED) is 0.148. The number of anilines is 2. The molecule has 6 heterocycles. The molecule has 2 aliphatic heterocycles. The summed E-state index contributed by atoms with van der Waals surface area (Å²) in [5.74, 6) is -0.537. The molecule has 8 rings (SSSR count). The van der Waals surface area contributed by atoms with Gasteiger partial charge >= 0.3 is 6.18 Å². The van der Waals surface area contributed by atoms with Crippen molar-refractivity contribution in [3.8, 4) is 0 Å². The van der Waals surface area contributed by atoms with Gasteiger partial charge in [0.05, 0.1) is 47.4 Å². The fourth-order valence-electron chi connectivity index (χ4n) is 7.42. The number of amides is 2. The van der Waals surface area contributed by atoms with Crippen LogP contribution in [0.3, 0.4) is 0 Å². The maximum Gasteiger partial charge on any atom is 0.418 e. The number of carbonyl (C=O) groups excluding carboxylic acids is 2. The van der Waals surface area contributed by atoms with Crippen LogP contribution in [0.15, 0.2) is 91.3 Å². The van der Waals surface area contributed by atoms with Crippen LogP contribution in [0.4, 0.5) is 24.5 Å². The van der Waals surface area contributed by atoms with E-state index in [1.54, 1.807) is 48.5 Å². The van der Waals surface area contributed by atoms with Crippen LogP contribution in [0.2, 0.25) is 0 Å². The molecule has 12 nitrogen and oxygen atoms in total. The second-order valence-corrected chi connectivity index (χ2v) is 15.1. The number of nitrogens with one attached hydrogen (secondary N) is 2. The van der Waals surface area contributed by atoms with Crippen molar-refractivity contribution in [3.05, 3.63) is 130 Å². The van der Waals surface area contributed by atoms with Crippen molar-refractivity contribution in [3.63, 3.8) is 0 Å². The number of carbonyl (C=O) groups is 2. The number of benzene rings is 2. The summed E-state index contributed by atoms with van der Waals surface area (Å²) in [5, 5.41) is 16.9. The highest BCUT2D eigenvalue weighted by atomic mass is 19.4. The van der Waals surface area contributed by atoms with Crippen LogP contribution in [0.5, 0.6) is 0 Å². The first-order valence-corrected chi connectivity index (χ1v) is 19.9. The summed E-state index contributed by atoms with van der Waals surface area (Å²) < 4.78 is 46.7. The van der Waals surface area contributed by atoms with E-state index in [9.17, 15) is 27.9 Å². The Morgan fingerprint density at radius 2 is 1.33 bits per heavy atom.